The van der Waals surface area contributed by atoms with Crippen molar-refractivity contribution in [2.75, 3.05) is 29.9 Å². The number of hydrogen-bond acceptors (Lipinski definition) is 4. The third kappa shape index (κ3) is 6.76. The summed E-state index contributed by atoms with van der Waals surface area (Å²) >= 11 is 0. The fraction of sp³-hybridized carbons (Fsp3) is 0.345. The number of halogens is 4. The van der Waals surface area contributed by atoms with Gasteiger partial charge in [0.15, 0.2) is 0 Å². The van der Waals surface area contributed by atoms with Gasteiger partial charge in [-0.2, -0.15) is 13.2 Å². The Morgan fingerprint density at radius 1 is 1.08 bits per heavy atom. The second-order valence-electron chi connectivity index (χ2n) is 9.37. The summed E-state index contributed by atoms with van der Waals surface area (Å²) in [5.41, 5.74) is 4.83. The van der Waals surface area contributed by atoms with Gasteiger partial charge in [0.25, 0.3) is 0 Å². The number of anilines is 2. The predicted octanol–water partition coefficient (Wildman–Crippen LogP) is 6.61. The van der Waals surface area contributed by atoms with E-state index in [0.717, 1.165) is 48.3 Å². The lowest BCUT2D eigenvalue weighted by atomic mass is 9.94. The fourth-order valence-electron chi connectivity index (χ4n) is 4.74. The molecule has 0 radical (unpaired) electrons. The highest BCUT2D eigenvalue weighted by molar-refractivity contribution is 5.67. The van der Waals surface area contributed by atoms with Crippen LogP contribution >= 0.6 is 0 Å². The molecule has 1 aliphatic heterocycles. The van der Waals surface area contributed by atoms with Crippen LogP contribution in [0.25, 0.3) is 0 Å². The smallest absolute Gasteiger partial charge is 0.416 e. The maximum Gasteiger partial charge on any atom is 0.416 e. The van der Waals surface area contributed by atoms with Crippen LogP contribution < -0.4 is 15.0 Å². The number of nitrogens with one attached hydrogen (secondary N) is 1. The maximum atomic E-state index is 14.4. The van der Waals surface area contributed by atoms with Gasteiger partial charge in [-0.05, 0) is 84.8 Å². The van der Waals surface area contributed by atoms with E-state index < -0.39 is 23.5 Å². The lowest BCUT2D eigenvalue weighted by Crippen LogP contribution is -2.34. The van der Waals surface area contributed by atoms with E-state index in [1.54, 1.807) is 12.1 Å². The minimum Gasteiger partial charge on any atom is -0.492 e. The van der Waals surface area contributed by atoms with Crippen LogP contribution in [-0.4, -0.2) is 30.8 Å². The quantitative estimate of drug-likeness (QED) is 0.289. The number of ether oxygens (including phenoxy) is 1. The van der Waals surface area contributed by atoms with Crippen molar-refractivity contribution in [2.24, 2.45) is 0 Å². The average Bonchev–Trinajstić information content (AvgIpc) is 2.87. The Balaban J connectivity index is 1.39. The molecule has 0 aliphatic carbocycles. The number of aryl methyl sites for hydroxylation is 2. The van der Waals surface area contributed by atoms with E-state index in [1.165, 1.54) is 23.8 Å². The summed E-state index contributed by atoms with van der Waals surface area (Å²) in [6.45, 7) is 4.32. The molecule has 2 N–H and O–H groups in total. The molecule has 0 atom stereocenters. The number of nitrogens with zero attached hydrogens (tertiary/aromatic N) is 1. The monoisotopic (exact) mass is 530 g/mol. The van der Waals surface area contributed by atoms with Gasteiger partial charge in [0, 0.05) is 30.9 Å². The van der Waals surface area contributed by atoms with Crippen molar-refractivity contribution < 1.29 is 32.2 Å². The second kappa shape index (κ2) is 11.8. The van der Waals surface area contributed by atoms with Gasteiger partial charge >= 0.3 is 12.1 Å². The Hall–Kier alpha value is -3.75. The molecule has 9 heteroatoms. The number of hydrogen-bond donors (Lipinski definition) is 2. The van der Waals surface area contributed by atoms with Crippen LogP contribution in [0.1, 0.15) is 40.7 Å². The number of benzene rings is 3. The molecule has 0 unspecified atom stereocenters. The van der Waals surface area contributed by atoms with Crippen molar-refractivity contribution in [2.45, 2.75) is 45.3 Å². The van der Waals surface area contributed by atoms with E-state index in [9.17, 15) is 22.4 Å². The molecule has 0 amide bonds. The van der Waals surface area contributed by atoms with Gasteiger partial charge in [-0.25, -0.2) is 4.39 Å². The van der Waals surface area contributed by atoms with Crippen LogP contribution in [0.3, 0.4) is 0 Å². The van der Waals surface area contributed by atoms with Crippen LogP contribution in [-0.2, 0) is 30.4 Å². The maximum absolute atomic E-state index is 14.4. The Morgan fingerprint density at radius 3 is 2.50 bits per heavy atom. The number of aliphatic carboxylic acids is 1. The Morgan fingerprint density at radius 2 is 1.82 bits per heavy atom. The minimum absolute atomic E-state index is 0.121. The van der Waals surface area contributed by atoms with Crippen LogP contribution in [0, 0.1) is 12.7 Å². The van der Waals surface area contributed by atoms with Gasteiger partial charge in [-0.15, -0.1) is 0 Å². The Kier molecular flexibility index (Phi) is 8.44. The number of rotatable bonds is 10. The number of carbonyl (C=O) groups is 1. The first-order valence-electron chi connectivity index (χ1n) is 12.5. The summed E-state index contributed by atoms with van der Waals surface area (Å²) in [6.07, 6.45) is -2.39. The van der Waals surface area contributed by atoms with Crippen molar-refractivity contribution in [1.82, 2.24) is 0 Å². The summed E-state index contributed by atoms with van der Waals surface area (Å²) in [6, 6.07) is 13.6. The van der Waals surface area contributed by atoms with Crippen LogP contribution in [0.2, 0.25) is 0 Å². The van der Waals surface area contributed by atoms with Gasteiger partial charge in [0.2, 0.25) is 0 Å². The van der Waals surface area contributed by atoms with E-state index in [-0.39, 0.29) is 12.8 Å². The highest BCUT2D eigenvalue weighted by atomic mass is 19.4. The van der Waals surface area contributed by atoms with Crippen molar-refractivity contribution >= 4 is 17.3 Å². The molecule has 3 aromatic carbocycles. The molecule has 0 spiro atoms. The molecule has 0 aromatic heterocycles. The molecule has 5 nitrogen and oxygen atoms in total. The summed E-state index contributed by atoms with van der Waals surface area (Å²) in [7, 11) is 0. The number of carboxylic acid groups (broad SMARTS) is 1. The highest BCUT2D eigenvalue weighted by Crippen LogP contribution is 2.33. The fourth-order valence-corrected chi connectivity index (χ4v) is 4.74. The van der Waals surface area contributed by atoms with E-state index in [2.05, 4.69) is 29.3 Å². The first kappa shape index (κ1) is 27.3. The first-order chi connectivity index (χ1) is 18.1. The molecular formula is C29H30F4N2O3. The van der Waals surface area contributed by atoms with E-state index in [0.29, 0.717) is 36.7 Å². The van der Waals surface area contributed by atoms with E-state index >= 15 is 0 Å². The SMILES string of the molecule is Cc1c(CNc2ccc(CCC(=O)O)c(F)c2)ccc2c1N(CCOc1ccc(C(F)(F)F)cc1)CCC2. The summed E-state index contributed by atoms with van der Waals surface area (Å²) < 4.78 is 58.5. The van der Waals surface area contributed by atoms with Gasteiger partial charge < -0.3 is 20.1 Å². The van der Waals surface area contributed by atoms with Gasteiger partial charge in [-0.1, -0.05) is 18.2 Å². The topological polar surface area (TPSA) is 61.8 Å². The molecule has 1 aliphatic rings. The van der Waals surface area contributed by atoms with E-state index in [4.69, 9.17) is 9.84 Å². The molecular weight excluding hydrogens is 500 g/mol. The molecule has 0 saturated carbocycles. The lowest BCUT2D eigenvalue weighted by Gasteiger charge is -2.33. The van der Waals surface area contributed by atoms with Crippen molar-refractivity contribution in [3.05, 3.63) is 88.2 Å². The van der Waals surface area contributed by atoms with E-state index in [1.807, 2.05) is 0 Å². The second-order valence-corrected chi connectivity index (χ2v) is 9.37. The van der Waals surface area contributed by atoms with Crippen LogP contribution in [0.4, 0.5) is 28.9 Å². The van der Waals surface area contributed by atoms with Gasteiger partial charge in [0.1, 0.15) is 18.2 Å². The summed E-state index contributed by atoms with van der Waals surface area (Å²) in [5.74, 6) is -1.00. The average molecular weight is 531 g/mol. The normalized spacial score (nSPS) is 13.2. The number of fused-ring (bicyclic) bond motifs is 1. The van der Waals surface area contributed by atoms with Gasteiger partial charge in [0.05, 0.1) is 12.1 Å². The molecule has 38 heavy (non-hydrogen) atoms. The third-order valence-corrected chi connectivity index (χ3v) is 6.77. The Bertz CT molecular complexity index is 1280. The Labute approximate surface area is 219 Å². The van der Waals surface area contributed by atoms with Crippen molar-refractivity contribution in [3.63, 3.8) is 0 Å². The first-order valence-corrected chi connectivity index (χ1v) is 12.5. The minimum atomic E-state index is -4.38. The zero-order chi connectivity index (χ0) is 27.3. The largest absolute Gasteiger partial charge is 0.492 e. The summed E-state index contributed by atoms with van der Waals surface area (Å²) in [4.78, 5) is 13.0. The molecule has 0 fully saturated rings. The number of alkyl halides is 3. The summed E-state index contributed by atoms with van der Waals surface area (Å²) in [5, 5.41) is 12.1. The lowest BCUT2D eigenvalue weighted by molar-refractivity contribution is -0.138. The molecule has 0 saturated heterocycles. The molecule has 1 heterocycles. The van der Waals surface area contributed by atoms with Crippen molar-refractivity contribution in [1.29, 1.82) is 0 Å². The molecule has 0 bridgehead atoms. The molecule has 202 valence electrons. The predicted molar refractivity (Wildman–Crippen MR) is 138 cm³/mol. The van der Waals surface area contributed by atoms with Crippen LogP contribution in [0.15, 0.2) is 54.6 Å². The van der Waals surface area contributed by atoms with Crippen LogP contribution in [0.5, 0.6) is 5.75 Å². The van der Waals surface area contributed by atoms with Gasteiger partial charge in [-0.3, -0.25) is 4.79 Å². The third-order valence-electron chi connectivity index (χ3n) is 6.77. The zero-order valence-electron chi connectivity index (χ0n) is 21.1. The highest BCUT2D eigenvalue weighted by Gasteiger charge is 2.30. The standard InChI is InChI=1S/C29H30F4N2O3/c1-19-22(18-34-24-10-6-20(26(30)17-24)7-13-27(36)37)5-4-21-3-2-14-35(28(19)21)15-16-38-25-11-8-23(9-12-25)29(31,32)33/h4-6,8-12,17,34H,2-3,7,13-16,18H2,1H3,(H,36,37). The number of carboxylic acids is 1. The molecule has 3 aromatic rings. The van der Waals surface area contributed by atoms with Crippen molar-refractivity contribution in [3.8, 4) is 5.75 Å². The zero-order valence-corrected chi connectivity index (χ0v) is 21.1. The molecule has 4 rings (SSSR count).